The van der Waals surface area contributed by atoms with E-state index in [-0.39, 0.29) is 5.91 Å². The molecule has 8 heteroatoms. The highest BCUT2D eigenvalue weighted by Gasteiger charge is 2.23. The summed E-state index contributed by atoms with van der Waals surface area (Å²) in [4.78, 5) is 21.9. The van der Waals surface area contributed by atoms with E-state index >= 15 is 0 Å². The summed E-state index contributed by atoms with van der Waals surface area (Å²) in [6.45, 7) is 8.99. The molecular weight excluding hydrogens is 432 g/mol. The monoisotopic (exact) mass is 466 g/mol. The third kappa shape index (κ3) is 5.46. The molecule has 0 spiro atoms. The van der Waals surface area contributed by atoms with Gasteiger partial charge in [-0.15, -0.1) is 0 Å². The molecule has 0 unspecified atom stereocenters. The van der Waals surface area contributed by atoms with Gasteiger partial charge in [0.15, 0.2) is 11.5 Å². The van der Waals surface area contributed by atoms with Crippen molar-refractivity contribution in [2.45, 2.75) is 13.1 Å². The number of rotatable bonds is 7. The number of ether oxygens (including phenoxy) is 3. The number of benzene rings is 2. The molecule has 2 fully saturated rings. The van der Waals surface area contributed by atoms with Gasteiger partial charge in [-0.25, -0.2) is 0 Å². The van der Waals surface area contributed by atoms with E-state index in [1.54, 1.807) is 0 Å². The van der Waals surface area contributed by atoms with Crippen molar-refractivity contribution in [1.82, 2.24) is 14.7 Å². The van der Waals surface area contributed by atoms with E-state index in [4.69, 9.17) is 14.2 Å². The number of para-hydroxylation sites is 1. The van der Waals surface area contributed by atoms with Crippen LogP contribution >= 0.6 is 0 Å². The number of piperazine rings is 1. The predicted octanol–water partition coefficient (Wildman–Crippen LogP) is 2.03. The zero-order chi connectivity index (χ0) is 23.3. The lowest BCUT2D eigenvalue weighted by Crippen LogP contribution is -2.50. The lowest BCUT2D eigenvalue weighted by Gasteiger charge is -2.35. The molecule has 8 nitrogen and oxygen atoms in total. The highest BCUT2D eigenvalue weighted by Crippen LogP contribution is 2.33. The van der Waals surface area contributed by atoms with Crippen molar-refractivity contribution in [3.63, 3.8) is 0 Å². The van der Waals surface area contributed by atoms with Gasteiger partial charge in [-0.05, 0) is 36.4 Å². The molecule has 0 aromatic heterocycles. The first-order valence-corrected chi connectivity index (χ1v) is 12.1. The number of hydrogen-bond acceptors (Lipinski definition) is 7. The van der Waals surface area contributed by atoms with Crippen molar-refractivity contribution in [3.8, 4) is 11.5 Å². The first-order chi connectivity index (χ1) is 16.7. The molecule has 0 radical (unpaired) electrons. The minimum Gasteiger partial charge on any atom is -0.454 e. The van der Waals surface area contributed by atoms with Gasteiger partial charge in [0.1, 0.15) is 0 Å². The van der Waals surface area contributed by atoms with Gasteiger partial charge in [-0.3, -0.25) is 14.6 Å². The maximum atomic E-state index is 13.0. The molecule has 34 heavy (non-hydrogen) atoms. The van der Waals surface area contributed by atoms with Crippen LogP contribution in [0.4, 0.5) is 5.69 Å². The summed E-state index contributed by atoms with van der Waals surface area (Å²) in [5, 5.41) is 0. The van der Waals surface area contributed by atoms with Gasteiger partial charge in [0.25, 0.3) is 0 Å². The quantitative estimate of drug-likeness (QED) is 0.619. The van der Waals surface area contributed by atoms with Crippen molar-refractivity contribution in [1.29, 1.82) is 0 Å². The van der Waals surface area contributed by atoms with Gasteiger partial charge < -0.3 is 24.0 Å². The molecule has 1 amide bonds. The number of morpholine rings is 1. The fourth-order valence-electron chi connectivity index (χ4n) is 4.89. The van der Waals surface area contributed by atoms with Gasteiger partial charge in [-0.2, -0.15) is 0 Å². The number of hydrogen-bond donors (Lipinski definition) is 0. The molecule has 3 heterocycles. The molecule has 0 atom stereocenters. The largest absolute Gasteiger partial charge is 0.454 e. The minimum atomic E-state index is 0.203. The Labute approximate surface area is 201 Å². The number of anilines is 1. The summed E-state index contributed by atoms with van der Waals surface area (Å²) >= 11 is 0. The Balaban J connectivity index is 1.10. The van der Waals surface area contributed by atoms with Crippen LogP contribution in [0.3, 0.4) is 0 Å². The predicted molar refractivity (Wildman–Crippen MR) is 130 cm³/mol. The summed E-state index contributed by atoms with van der Waals surface area (Å²) < 4.78 is 16.4. The Morgan fingerprint density at radius 3 is 2.53 bits per heavy atom. The van der Waals surface area contributed by atoms with Crippen LogP contribution in [0, 0.1) is 0 Å². The highest BCUT2D eigenvalue weighted by molar-refractivity contribution is 5.78. The maximum Gasteiger partial charge on any atom is 0.236 e. The van der Waals surface area contributed by atoms with Crippen LogP contribution in [0.25, 0.3) is 0 Å². The molecule has 2 aromatic carbocycles. The Morgan fingerprint density at radius 2 is 1.71 bits per heavy atom. The normalized spacial score (nSPS) is 18.5. The first-order valence-electron chi connectivity index (χ1n) is 12.1. The van der Waals surface area contributed by atoms with Gasteiger partial charge in [0.05, 0.1) is 19.8 Å². The van der Waals surface area contributed by atoms with Crippen LogP contribution < -0.4 is 14.4 Å². The first kappa shape index (κ1) is 23.0. The summed E-state index contributed by atoms with van der Waals surface area (Å²) in [5.74, 6) is 1.84. The molecule has 2 saturated heterocycles. The van der Waals surface area contributed by atoms with Crippen LogP contribution in [0.1, 0.15) is 11.1 Å². The third-order valence-electron chi connectivity index (χ3n) is 6.76. The molecule has 0 saturated carbocycles. The van der Waals surface area contributed by atoms with Crippen LogP contribution in [0.2, 0.25) is 0 Å². The minimum absolute atomic E-state index is 0.203. The SMILES string of the molecule is CN(CC(=O)N1CCN(Cc2ccc3c(c2)OCO3)CC1)Cc1ccccc1N1CCOCC1. The summed E-state index contributed by atoms with van der Waals surface area (Å²) in [6, 6.07) is 14.6. The lowest BCUT2D eigenvalue weighted by molar-refractivity contribution is -0.134. The Hall–Kier alpha value is -2.81. The van der Waals surface area contributed by atoms with Crippen molar-refractivity contribution >= 4 is 11.6 Å². The highest BCUT2D eigenvalue weighted by atomic mass is 16.7. The van der Waals surface area contributed by atoms with Crippen LogP contribution in [-0.4, -0.2) is 93.5 Å². The van der Waals surface area contributed by atoms with Crippen LogP contribution in [0.5, 0.6) is 11.5 Å². The van der Waals surface area contributed by atoms with Crippen LogP contribution in [0.15, 0.2) is 42.5 Å². The molecule has 2 aromatic rings. The second-order valence-corrected chi connectivity index (χ2v) is 9.24. The number of fused-ring (bicyclic) bond motifs is 1. The van der Waals surface area contributed by atoms with Crippen LogP contribution in [-0.2, 0) is 22.6 Å². The smallest absolute Gasteiger partial charge is 0.236 e. The number of carbonyl (C=O) groups is 1. The number of nitrogens with zero attached hydrogens (tertiary/aromatic N) is 4. The van der Waals surface area contributed by atoms with E-state index < -0.39 is 0 Å². The molecule has 5 rings (SSSR count). The second-order valence-electron chi connectivity index (χ2n) is 9.24. The fourth-order valence-corrected chi connectivity index (χ4v) is 4.89. The van der Waals surface area contributed by atoms with E-state index in [0.717, 1.165) is 77.1 Å². The van der Waals surface area contributed by atoms with E-state index in [1.807, 2.05) is 18.0 Å². The average Bonchev–Trinajstić information content (AvgIpc) is 3.33. The van der Waals surface area contributed by atoms with Crippen molar-refractivity contribution in [2.75, 3.05) is 77.8 Å². The topological polar surface area (TPSA) is 57.7 Å². The second kappa shape index (κ2) is 10.6. The van der Waals surface area contributed by atoms with E-state index in [0.29, 0.717) is 13.3 Å². The summed E-state index contributed by atoms with van der Waals surface area (Å²) in [5.41, 5.74) is 3.72. The molecule has 0 aliphatic carbocycles. The van der Waals surface area contributed by atoms with E-state index in [1.165, 1.54) is 16.8 Å². The maximum absolute atomic E-state index is 13.0. The van der Waals surface area contributed by atoms with Gasteiger partial charge in [-0.1, -0.05) is 24.3 Å². The lowest BCUT2D eigenvalue weighted by atomic mass is 10.1. The zero-order valence-electron chi connectivity index (χ0n) is 19.9. The van der Waals surface area contributed by atoms with Gasteiger partial charge in [0.2, 0.25) is 12.7 Å². The molecule has 0 N–H and O–H groups in total. The Kier molecular flexibility index (Phi) is 7.18. The standard InChI is InChI=1S/C26H34N4O4/c1-27(18-22-4-2-3-5-23(22)29-12-14-32-15-13-29)19-26(31)30-10-8-28(9-11-30)17-21-6-7-24-25(16-21)34-20-33-24/h2-7,16H,8-15,17-20H2,1H3. The summed E-state index contributed by atoms with van der Waals surface area (Å²) in [6.07, 6.45) is 0. The number of likely N-dealkylation sites (N-methyl/N-ethyl adjacent to an activating group) is 1. The van der Waals surface area contributed by atoms with E-state index in [2.05, 4.69) is 51.1 Å². The van der Waals surface area contributed by atoms with E-state index in [9.17, 15) is 4.79 Å². The summed E-state index contributed by atoms with van der Waals surface area (Å²) in [7, 11) is 2.03. The molecule has 0 bridgehead atoms. The van der Waals surface area contributed by atoms with Gasteiger partial charge >= 0.3 is 0 Å². The van der Waals surface area contributed by atoms with Crippen molar-refractivity contribution < 1.29 is 19.0 Å². The van der Waals surface area contributed by atoms with Gasteiger partial charge in [0, 0.05) is 58.0 Å². The third-order valence-corrected chi connectivity index (χ3v) is 6.76. The average molecular weight is 467 g/mol. The Morgan fingerprint density at radius 1 is 0.941 bits per heavy atom. The number of amides is 1. The molecule has 3 aliphatic rings. The molecule has 182 valence electrons. The van der Waals surface area contributed by atoms with Crippen molar-refractivity contribution in [3.05, 3.63) is 53.6 Å². The Bertz CT molecular complexity index is 987. The fraction of sp³-hybridized carbons (Fsp3) is 0.500. The zero-order valence-corrected chi connectivity index (χ0v) is 19.9. The molecule has 3 aliphatic heterocycles. The number of carbonyl (C=O) groups excluding carboxylic acids is 1. The molecular formula is C26H34N4O4. The van der Waals surface area contributed by atoms with Crippen molar-refractivity contribution in [2.24, 2.45) is 0 Å².